The molecule has 0 aliphatic carbocycles. The fraction of sp³-hybridized carbons (Fsp3) is 1.00. The van der Waals surface area contributed by atoms with Crippen molar-refractivity contribution in [3.05, 3.63) is 0 Å². The Kier molecular flexibility index (Phi) is 6.40. The van der Waals surface area contributed by atoms with Gasteiger partial charge < -0.3 is 5.32 Å². The molecule has 1 N–H and O–H groups in total. The molecule has 0 fully saturated rings. The maximum atomic E-state index is 12.0. The Bertz CT molecular complexity index is 265. The summed E-state index contributed by atoms with van der Waals surface area (Å²) in [4.78, 5) is 0. The molecule has 5 heteroatoms. The van der Waals surface area contributed by atoms with Crippen LogP contribution < -0.4 is 5.32 Å². The van der Waals surface area contributed by atoms with Crippen LogP contribution >= 0.6 is 0 Å². The molecule has 0 aromatic rings. The van der Waals surface area contributed by atoms with Crippen molar-refractivity contribution in [2.75, 3.05) is 20.6 Å². The summed E-state index contributed by atoms with van der Waals surface area (Å²) in [6.07, 6.45) is 1.91. The normalized spacial score (nSPS) is 16.7. The summed E-state index contributed by atoms with van der Waals surface area (Å²) in [5.74, 6) is 0. The Morgan fingerprint density at radius 3 is 2.27 bits per heavy atom. The highest BCUT2D eigenvalue weighted by Gasteiger charge is 2.28. The van der Waals surface area contributed by atoms with Crippen LogP contribution in [0.3, 0.4) is 0 Å². The van der Waals surface area contributed by atoms with Crippen LogP contribution in [0.4, 0.5) is 0 Å². The van der Waals surface area contributed by atoms with E-state index in [4.69, 9.17) is 0 Å². The zero-order chi connectivity index (χ0) is 12.1. The van der Waals surface area contributed by atoms with Gasteiger partial charge in [-0.1, -0.05) is 13.3 Å². The number of hydrogen-bond acceptors (Lipinski definition) is 3. The lowest BCUT2D eigenvalue weighted by Gasteiger charge is -2.27. The molecule has 0 bridgehead atoms. The molecule has 0 aromatic heterocycles. The fourth-order valence-corrected chi connectivity index (χ4v) is 3.08. The van der Waals surface area contributed by atoms with Crippen molar-refractivity contribution >= 4 is 10.0 Å². The number of nitrogens with one attached hydrogen (secondary N) is 1. The standard InChI is InChI=1S/C10H24N2O2S/c1-6-7-9(2)12(5)15(13,14)10(3)8-11-4/h9-11H,6-8H2,1-5H3. The molecule has 0 radical (unpaired) electrons. The second kappa shape index (κ2) is 6.45. The first-order chi connectivity index (χ1) is 6.87. The van der Waals surface area contributed by atoms with Gasteiger partial charge in [-0.2, -0.15) is 0 Å². The second-order valence-electron chi connectivity index (χ2n) is 4.07. The van der Waals surface area contributed by atoms with Crippen LogP contribution in [0.2, 0.25) is 0 Å². The van der Waals surface area contributed by atoms with Gasteiger partial charge in [-0.15, -0.1) is 0 Å². The minimum absolute atomic E-state index is 0.0827. The highest BCUT2D eigenvalue weighted by Crippen LogP contribution is 2.13. The van der Waals surface area contributed by atoms with E-state index in [9.17, 15) is 8.42 Å². The lowest BCUT2D eigenvalue weighted by atomic mass is 10.2. The van der Waals surface area contributed by atoms with Crippen LogP contribution in [0.1, 0.15) is 33.6 Å². The molecule has 0 saturated carbocycles. The summed E-state index contributed by atoms with van der Waals surface area (Å²) in [7, 11) is 0.282. The number of sulfonamides is 1. The van der Waals surface area contributed by atoms with Gasteiger partial charge in [0.15, 0.2) is 0 Å². The summed E-state index contributed by atoms with van der Waals surface area (Å²) >= 11 is 0. The SMILES string of the molecule is CCCC(C)N(C)S(=O)(=O)C(C)CNC. The molecule has 0 aromatic carbocycles. The molecular formula is C10H24N2O2S. The highest BCUT2D eigenvalue weighted by molar-refractivity contribution is 7.89. The molecular weight excluding hydrogens is 212 g/mol. The van der Waals surface area contributed by atoms with Crippen LogP contribution in [0.25, 0.3) is 0 Å². The molecule has 0 rings (SSSR count). The van der Waals surface area contributed by atoms with Crippen molar-refractivity contribution < 1.29 is 8.42 Å². The molecule has 4 nitrogen and oxygen atoms in total. The predicted molar refractivity (Wildman–Crippen MR) is 64.4 cm³/mol. The minimum Gasteiger partial charge on any atom is -0.318 e. The summed E-state index contributed by atoms with van der Waals surface area (Å²) in [5, 5.41) is 2.52. The number of rotatable bonds is 7. The quantitative estimate of drug-likeness (QED) is 0.718. The van der Waals surface area contributed by atoms with Gasteiger partial charge >= 0.3 is 0 Å². The van der Waals surface area contributed by atoms with Crippen molar-refractivity contribution in [1.82, 2.24) is 9.62 Å². The second-order valence-corrected chi connectivity index (χ2v) is 6.48. The first kappa shape index (κ1) is 14.9. The van der Waals surface area contributed by atoms with Gasteiger partial charge in [-0.05, 0) is 27.3 Å². The molecule has 2 atom stereocenters. The van der Waals surface area contributed by atoms with Crippen molar-refractivity contribution in [1.29, 1.82) is 0 Å². The summed E-state index contributed by atoms with van der Waals surface area (Å²) in [6.45, 7) is 6.24. The summed E-state index contributed by atoms with van der Waals surface area (Å²) in [5.41, 5.74) is 0. The molecule has 0 heterocycles. The largest absolute Gasteiger partial charge is 0.318 e. The van der Waals surface area contributed by atoms with Crippen LogP contribution in [-0.4, -0.2) is 44.7 Å². The van der Waals surface area contributed by atoms with E-state index in [0.717, 1.165) is 12.8 Å². The third-order valence-electron chi connectivity index (χ3n) is 2.73. The van der Waals surface area contributed by atoms with Gasteiger partial charge in [0.25, 0.3) is 0 Å². The van der Waals surface area contributed by atoms with E-state index in [1.165, 1.54) is 4.31 Å². The van der Waals surface area contributed by atoms with E-state index >= 15 is 0 Å². The zero-order valence-corrected chi connectivity index (χ0v) is 11.3. The molecule has 15 heavy (non-hydrogen) atoms. The van der Waals surface area contributed by atoms with E-state index in [2.05, 4.69) is 12.2 Å². The summed E-state index contributed by atoms with van der Waals surface area (Å²) < 4.78 is 25.5. The Morgan fingerprint density at radius 1 is 1.33 bits per heavy atom. The van der Waals surface area contributed by atoms with Crippen molar-refractivity contribution in [3.8, 4) is 0 Å². The maximum Gasteiger partial charge on any atom is 0.217 e. The van der Waals surface area contributed by atoms with Gasteiger partial charge in [0.2, 0.25) is 10.0 Å². The summed E-state index contributed by atoms with van der Waals surface area (Å²) in [6, 6.07) is 0.0827. The first-order valence-electron chi connectivity index (χ1n) is 5.49. The lowest BCUT2D eigenvalue weighted by molar-refractivity contribution is 0.363. The molecule has 0 amide bonds. The van der Waals surface area contributed by atoms with Gasteiger partial charge in [0, 0.05) is 19.6 Å². The van der Waals surface area contributed by atoms with E-state index in [-0.39, 0.29) is 11.3 Å². The number of nitrogens with zero attached hydrogens (tertiary/aromatic N) is 1. The Morgan fingerprint density at radius 2 is 1.87 bits per heavy atom. The first-order valence-corrected chi connectivity index (χ1v) is 6.99. The zero-order valence-electron chi connectivity index (χ0n) is 10.4. The topological polar surface area (TPSA) is 49.4 Å². The van der Waals surface area contributed by atoms with Crippen LogP contribution in [0.15, 0.2) is 0 Å². The Hall–Kier alpha value is -0.130. The Balaban J connectivity index is 4.57. The molecule has 0 aliphatic rings. The van der Waals surface area contributed by atoms with Gasteiger partial charge in [-0.3, -0.25) is 0 Å². The smallest absolute Gasteiger partial charge is 0.217 e. The van der Waals surface area contributed by atoms with Crippen LogP contribution in [-0.2, 0) is 10.0 Å². The van der Waals surface area contributed by atoms with E-state index in [1.807, 2.05) is 6.92 Å². The Labute approximate surface area is 94.1 Å². The molecule has 0 aliphatic heterocycles. The average molecular weight is 236 g/mol. The van der Waals surface area contributed by atoms with E-state index in [1.54, 1.807) is 21.0 Å². The molecule has 92 valence electrons. The maximum absolute atomic E-state index is 12.0. The third kappa shape index (κ3) is 4.09. The van der Waals surface area contributed by atoms with Crippen molar-refractivity contribution in [2.45, 2.75) is 44.9 Å². The highest BCUT2D eigenvalue weighted by atomic mass is 32.2. The number of hydrogen-bond donors (Lipinski definition) is 1. The van der Waals surface area contributed by atoms with Crippen molar-refractivity contribution in [3.63, 3.8) is 0 Å². The minimum atomic E-state index is -3.15. The fourth-order valence-electron chi connectivity index (χ4n) is 1.53. The van der Waals surface area contributed by atoms with Crippen LogP contribution in [0, 0.1) is 0 Å². The van der Waals surface area contributed by atoms with Crippen LogP contribution in [0.5, 0.6) is 0 Å². The molecule has 2 unspecified atom stereocenters. The van der Waals surface area contributed by atoms with Crippen molar-refractivity contribution in [2.24, 2.45) is 0 Å². The third-order valence-corrected chi connectivity index (χ3v) is 5.07. The van der Waals surface area contributed by atoms with Gasteiger partial charge in [0.05, 0.1) is 5.25 Å². The monoisotopic (exact) mass is 236 g/mol. The van der Waals surface area contributed by atoms with E-state index in [0.29, 0.717) is 6.54 Å². The van der Waals surface area contributed by atoms with Gasteiger partial charge in [0.1, 0.15) is 0 Å². The predicted octanol–water partition coefficient (Wildman–Crippen LogP) is 1.04. The molecule has 0 spiro atoms. The van der Waals surface area contributed by atoms with Gasteiger partial charge in [-0.25, -0.2) is 12.7 Å². The van der Waals surface area contributed by atoms with E-state index < -0.39 is 10.0 Å². The molecule has 0 saturated heterocycles. The average Bonchev–Trinajstić information content (AvgIpc) is 2.17. The lowest BCUT2D eigenvalue weighted by Crippen LogP contribution is -2.43.